The van der Waals surface area contributed by atoms with Gasteiger partial charge in [0.15, 0.2) is 0 Å². The van der Waals surface area contributed by atoms with Gasteiger partial charge in [-0.25, -0.2) is 0 Å². The monoisotopic (exact) mass is 282 g/mol. The molecule has 0 saturated carbocycles. The van der Waals surface area contributed by atoms with Crippen LogP contribution < -0.4 is 0 Å². The van der Waals surface area contributed by atoms with Crippen molar-refractivity contribution >= 4 is 11.3 Å². The molecule has 2 heterocycles. The first-order valence-corrected chi connectivity index (χ1v) is 7.93. The maximum atomic E-state index is 9.20. The average Bonchev–Trinajstić information content (AvgIpc) is 2.96. The molecule has 0 N–H and O–H groups in total. The number of hydrogen-bond donors (Lipinski definition) is 0. The second kappa shape index (κ2) is 5.78. The number of nitrogens with zero attached hydrogens (tertiary/aromatic N) is 2. The number of benzene rings is 1. The fourth-order valence-electron chi connectivity index (χ4n) is 3.14. The Hall–Kier alpha value is -1.63. The molecule has 1 aliphatic heterocycles. The van der Waals surface area contributed by atoms with Crippen LogP contribution in [0.15, 0.2) is 41.8 Å². The van der Waals surface area contributed by atoms with E-state index in [4.69, 9.17) is 0 Å². The minimum atomic E-state index is 0.198. The molecule has 0 bridgehead atoms. The van der Waals surface area contributed by atoms with Gasteiger partial charge in [-0.15, -0.1) is 11.3 Å². The van der Waals surface area contributed by atoms with Crippen LogP contribution in [0.1, 0.15) is 41.4 Å². The van der Waals surface area contributed by atoms with Crippen molar-refractivity contribution in [3.05, 3.63) is 57.8 Å². The van der Waals surface area contributed by atoms with E-state index < -0.39 is 0 Å². The number of hydrogen-bond acceptors (Lipinski definition) is 3. The summed E-state index contributed by atoms with van der Waals surface area (Å²) in [5.41, 5.74) is 2.69. The quantitative estimate of drug-likeness (QED) is 0.838. The molecule has 2 unspecified atom stereocenters. The third-order valence-corrected chi connectivity index (χ3v) is 5.19. The standard InChI is InChI=1S/C17H18N2S/c1-13-15-9-12-20-17(15)8-11-19(13)16(7-10-18)14-5-3-2-4-6-14/h2-6,9,12-13,16H,7-8,11H2,1H3. The van der Waals surface area contributed by atoms with Crippen LogP contribution in [-0.2, 0) is 6.42 Å². The summed E-state index contributed by atoms with van der Waals surface area (Å²) in [7, 11) is 0. The summed E-state index contributed by atoms with van der Waals surface area (Å²) in [5.74, 6) is 0. The highest BCUT2D eigenvalue weighted by Gasteiger charge is 2.30. The summed E-state index contributed by atoms with van der Waals surface area (Å²) in [5, 5.41) is 11.4. The van der Waals surface area contributed by atoms with Gasteiger partial charge in [-0.2, -0.15) is 5.26 Å². The zero-order chi connectivity index (χ0) is 13.9. The first-order valence-electron chi connectivity index (χ1n) is 7.05. The van der Waals surface area contributed by atoms with E-state index in [1.165, 1.54) is 16.0 Å². The smallest absolute Gasteiger partial charge is 0.0641 e. The molecule has 2 aromatic rings. The molecule has 3 rings (SSSR count). The summed E-state index contributed by atoms with van der Waals surface area (Å²) in [6.07, 6.45) is 1.65. The van der Waals surface area contributed by atoms with Crippen molar-refractivity contribution < 1.29 is 0 Å². The highest BCUT2D eigenvalue weighted by molar-refractivity contribution is 7.10. The highest BCUT2D eigenvalue weighted by Crippen LogP contribution is 2.39. The Labute approximate surface area is 124 Å². The molecule has 1 aromatic carbocycles. The van der Waals surface area contributed by atoms with Crippen molar-refractivity contribution in [2.75, 3.05) is 6.54 Å². The Morgan fingerprint density at radius 3 is 2.90 bits per heavy atom. The molecule has 0 spiro atoms. The second-order valence-electron chi connectivity index (χ2n) is 5.25. The van der Waals surface area contributed by atoms with Crippen LogP contribution in [0, 0.1) is 11.3 Å². The van der Waals surface area contributed by atoms with E-state index in [-0.39, 0.29) is 6.04 Å². The van der Waals surface area contributed by atoms with Gasteiger partial charge in [-0.3, -0.25) is 4.90 Å². The zero-order valence-electron chi connectivity index (χ0n) is 11.6. The summed E-state index contributed by atoms with van der Waals surface area (Å²) in [4.78, 5) is 3.99. The van der Waals surface area contributed by atoms with Crippen LogP contribution in [0.4, 0.5) is 0 Å². The summed E-state index contributed by atoms with van der Waals surface area (Å²) < 4.78 is 0. The molecule has 1 aliphatic rings. The Bertz CT molecular complexity index is 611. The first-order chi connectivity index (χ1) is 9.81. The molecular weight excluding hydrogens is 264 g/mol. The zero-order valence-corrected chi connectivity index (χ0v) is 12.4. The third kappa shape index (κ3) is 2.37. The maximum absolute atomic E-state index is 9.20. The van der Waals surface area contributed by atoms with Crippen LogP contribution in [0.3, 0.4) is 0 Å². The lowest BCUT2D eigenvalue weighted by Crippen LogP contribution is -2.36. The van der Waals surface area contributed by atoms with E-state index in [0.717, 1.165) is 13.0 Å². The van der Waals surface area contributed by atoms with Gasteiger partial charge >= 0.3 is 0 Å². The van der Waals surface area contributed by atoms with E-state index in [1.54, 1.807) is 0 Å². The van der Waals surface area contributed by atoms with Crippen LogP contribution in [-0.4, -0.2) is 11.4 Å². The van der Waals surface area contributed by atoms with E-state index in [2.05, 4.69) is 53.6 Å². The van der Waals surface area contributed by atoms with Crippen LogP contribution in [0.5, 0.6) is 0 Å². The molecule has 2 nitrogen and oxygen atoms in total. The molecule has 0 amide bonds. The van der Waals surface area contributed by atoms with Crippen molar-refractivity contribution in [2.24, 2.45) is 0 Å². The summed E-state index contributed by atoms with van der Waals surface area (Å²) >= 11 is 1.86. The fourth-order valence-corrected chi connectivity index (χ4v) is 4.11. The molecule has 2 atom stereocenters. The fraction of sp³-hybridized carbons (Fsp3) is 0.353. The van der Waals surface area contributed by atoms with Crippen molar-refractivity contribution in [1.82, 2.24) is 4.90 Å². The van der Waals surface area contributed by atoms with Crippen LogP contribution in [0.25, 0.3) is 0 Å². The Kier molecular flexibility index (Phi) is 3.86. The van der Waals surface area contributed by atoms with Crippen molar-refractivity contribution in [3.8, 4) is 6.07 Å². The normalized spacial score (nSPS) is 20.1. The SMILES string of the molecule is CC1c2ccsc2CCN1C(CC#N)c1ccccc1. The number of nitriles is 1. The molecule has 0 aliphatic carbocycles. The van der Waals surface area contributed by atoms with Gasteiger partial charge in [-0.1, -0.05) is 30.3 Å². The minimum Gasteiger partial charge on any atom is -0.288 e. The van der Waals surface area contributed by atoms with Crippen molar-refractivity contribution in [3.63, 3.8) is 0 Å². The lowest BCUT2D eigenvalue weighted by atomic mass is 9.94. The summed E-state index contributed by atoms with van der Waals surface area (Å²) in [6, 6.07) is 15.6. The summed E-state index contributed by atoms with van der Waals surface area (Å²) in [6.45, 7) is 3.30. The van der Waals surface area contributed by atoms with Gasteiger partial charge in [-0.05, 0) is 35.9 Å². The number of thiophene rings is 1. The lowest BCUT2D eigenvalue weighted by molar-refractivity contribution is 0.136. The van der Waals surface area contributed by atoms with E-state index in [9.17, 15) is 5.26 Å². The Balaban J connectivity index is 1.92. The number of rotatable bonds is 3. The minimum absolute atomic E-state index is 0.198. The second-order valence-corrected chi connectivity index (χ2v) is 6.25. The average molecular weight is 282 g/mol. The largest absolute Gasteiger partial charge is 0.288 e. The third-order valence-electron chi connectivity index (χ3n) is 4.19. The lowest BCUT2D eigenvalue weighted by Gasteiger charge is -2.39. The Morgan fingerprint density at radius 1 is 1.35 bits per heavy atom. The van der Waals surface area contributed by atoms with E-state index in [0.29, 0.717) is 12.5 Å². The maximum Gasteiger partial charge on any atom is 0.0641 e. The van der Waals surface area contributed by atoms with Crippen LogP contribution in [0.2, 0.25) is 0 Å². The molecule has 0 radical (unpaired) electrons. The van der Waals surface area contributed by atoms with E-state index in [1.807, 2.05) is 17.4 Å². The predicted molar refractivity (Wildman–Crippen MR) is 82.6 cm³/mol. The number of fused-ring (bicyclic) bond motifs is 1. The van der Waals surface area contributed by atoms with Gasteiger partial charge in [0.1, 0.15) is 0 Å². The van der Waals surface area contributed by atoms with Gasteiger partial charge in [0.25, 0.3) is 0 Å². The molecule has 1 aromatic heterocycles. The Morgan fingerprint density at radius 2 is 2.15 bits per heavy atom. The van der Waals surface area contributed by atoms with Crippen molar-refractivity contribution in [1.29, 1.82) is 5.26 Å². The van der Waals surface area contributed by atoms with E-state index >= 15 is 0 Å². The molecule has 102 valence electrons. The van der Waals surface area contributed by atoms with Gasteiger partial charge in [0.2, 0.25) is 0 Å². The van der Waals surface area contributed by atoms with Gasteiger partial charge in [0.05, 0.1) is 12.5 Å². The van der Waals surface area contributed by atoms with Crippen LogP contribution >= 0.6 is 11.3 Å². The highest BCUT2D eigenvalue weighted by atomic mass is 32.1. The first kappa shape index (κ1) is 13.4. The van der Waals surface area contributed by atoms with Crippen molar-refractivity contribution in [2.45, 2.75) is 31.8 Å². The molecule has 0 saturated heterocycles. The topological polar surface area (TPSA) is 27.0 Å². The van der Waals surface area contributed by atoms with Gasteiger partial charge < -0.3 is 0 Å². The molecular formula is C17H18N2S. The van der Waals surface area contributed by atoms with Gasteiger partial charge in [0, 0.05) is 23.5 Å². The molecule has 3 heteroatoms. The molecule has 20 heavy (non-hydrogen) atoms. The predicted octanol–water partition coefficient (Wildman–Crippen LogP) is 4.32. The molecule has 0 fully saturated rings.